The molecule has 1 aromatic carbocycles. The van der Waals surface area contributed by atoms with Gasteiger partial charge < -0.3 is 4.74 Å². The van der Waals surface area contributed by atoms with Crippen LogP contribution in [0.2, 0.25) is 0 Å². The molecule has 1 unspecified atom stereocenters. The molecule has 0 N–H and O–H groups in total. The number of carbonyl (C=O) groups excluding carboxylic acids is 1. The number of Topliss-reactive ketones (excluding diaryl/α,β-unsaturated/α-hetero) is 1. The quantitative estimate of drug-likeness (QED) is 0.747. The molecule has 3 nitrogen and oxygen atoms in total. The molecule has 0 aromatic heterocycles. The molecule has 0 aliphatic rings. The molecule has 0 aliphatic carbocycles. The van der Waals surface area contributed by atoms with Crippen molar-refractivity contribution in [2.24, 2.45) is 0 Å². The molecule has 94 valence electrons. The molecule has 0 heterocycles. The van der Waals surface area contributed by atoms with Crippen molar-refractivity contribution in [2.75, 3.05) is 19.1 Å². The Morgan fingerprint density at radius 1 is 1.41 bits per heavy atom. The number of benzene rings is 1. The van der Waals surface area contributed by atoms with Crippen LogP contribution in [0.5, 0.6) is 5.75 Å². The molecule has 17 heavy (non-hydrogen) atoms. The lowest BCUT2D eigenvalue weighted by Crippen LogP contribution is -2.09. The topological polar surface area (TPSA) is 43.4 Å². The van der Waals surface area contributed by atoms with Gasteiger partial charge in [-0.15, -0.1) is 0 Å². The summed E-state index contributed by atoms with van der Waals surface area (Å²) in [6, 6.07) is 7.83. The van der Waals surface area contributed by atoms with Gasteiger partial charge in [-0.25, -0.2) is 0 Å². The molecule has 1 atom stereocenters. The number of rotatable bonds is 7. The molecule has 0 amide bonds. The van der Waals surface area contributed by atoms with Crippen molar-refractivity contribution >= 4 is 16.6 Å². The second kappa shape index (κ2) is 7.22. The lowest BCUT2D eigenvalue weighted by atomic mass is 10.1. The van der Waals surface area contributed by atoms with Crippen LogP contribution in [0, 0.1) is 0 Å². The van der Waals surface area contributed by atoms with Crippen LogP contribution in [0.3, 0.4) is 0 Å². The van der Waals surface area contributed by atoms with Crippen molar-refractivity contribution < 1.29 is 13.7 Å². The molecular weight excluding hydrogens is 236 g/mol. The molecule has 0 fully saturated rings. The van der Waals surface area contributed by atoms with Crippen molar-refractivity contribution in [1.82, 2.24) is 0 Å². The van der Waals surface area contributed by atoms with Gasteiger partial charge in [-0.3, -0.25) is 9.00 Å². The van der Waals surface area contributed by atoms with Gasteiger partial charge in [0.2, 0.25) is 0 Å². The van der Waals surface area contributed by atoms with Crippen LogP contribution in [0.15, 0.2) is 24.3 Å². The van der Waals surface area contributed by atoms with Crippen LogP contribution in [-0.4, -0.2) is 29.1 Å². The summed E-state index contributed by atoms with van der Waals surface area (Å²) in [5.41, 5.74) is 1.16. The van der Waals surface area contributed by atoms with E-state index in [2.05, 4.69) is 0 Å². The van der Waals surface area contributed by atoms with Crippen LogP contribution in [-0.2, 0) is 22.0 Å². The lowest BCUT2D eigenvalue weighted by Gasteiger charge is -2.04. The van der Waals surface area contributed by atoms with E-state index in [0.29, 0.717) is 6.42 Å². The highest BCUT2D eigenvalue weighted by Gasteiger charge is 2.04. The van der Waals surface area contributed by atoms with Gasteiger partial charge in [0.25, 0.3) is 0 Å². The third-order valence-corrected chi connectivity index (χ3v) is 3.15. The summed E-state index contributed by atoms with van der Waals surface area (Å²) in [4.78, 5) is 11.3. The summed E-state index contributed by atoms with van der Waals surface area (Å²) in [5.74, 6) is 1.09. The van der Waals surface area contributed by atoms with E-state index >= 15 is 0 Å². The van der Waals surface area contributed by atoms with Gasteiger partial charge in [-0.05, 0) is 30.5 Å². The predicted octanol–water partition coefficient (Wildman–Crippen LogP) is 1.97. The Kier molecular flexibility index (Phi) is 5.91. The zero-order valence-corrected chi connectivity index (χ0v) is 11.1. The van der Waals surface area contributed by atoms with Gasteiger partial charge in [0.1, 0.15) is 11.5 Å². The number of ether oxygens (including phenoxy) is 1. The van der Waals surface area contributed by atoms with Crippen LogP contribution in [0.1, 0.15) is 18.4 Å². The average molecular weight is 254 g/mol. The van der Waals surface area contributed by atoms with Gasteiger partial charge in [0, 0.05) is 23.5 Å². The van der Waals surface area contributed by atoms with E-state index < -0.39 is 10.8 Å². The first-order chi connectivity index (χ1) is 8.11. The number of aryl methyl sites for hydroxylation is 1. The molecule has 0 spiro atoms. The fraction of sp³-hybridized carbons (Fsp3) is 0.462. The van der Waals surface area contributed by atoms with E-state index in [0.717, 1.165) is 24.2 Å². The third kappa shape index (κ3) is 5.63. The van der Waals surface area contributed by atoms with Gasteiger partial charge in [-0.1, -0.05) is 12.1 Å². The number of ketones is 1. The Bertz CT molecular complexity index is 401. The highest BCUT2D eigenvalue weighted by Crippen LogP contribution is 2.14. The summed E-state index contributed by atoms with van der Waals surface area (Å²) in [6.45, 7) is 0. The fourth-order valence-electron chi connectivity index (χ4n) is 1.62. The van der Waals surface area contributed by atoms with Crippen molar-refractivity contribution in [3.8, 4) is 5.75 Å². The maximum atomic E-state index is 11.3. The second-order valence-electron chi connectivity index (χ2n) is 3.96. The lowest BCUT2D eigenvalue weighted by molar-refractivity contribution is -0.116. The molecule has 0 aliphatic heterocycles. The number of hydrogen-bond donors (Lipinski definition) is 0. The summed E-state index contributed by atoms with van der Waals surface area (Å²) >= 11 is 0. The van der Waals surface area contributed by atoms with E-state index in [9.17, 15) is 9.00 Å². The first-order valence-electron chi connectivity index (χ1n) is 5.56. The Hall–Kier alpha value is -1.16. The highest BCUT2D eigenvalue weighted by atomic mass is 32.2. The summed E-state index contributed by atoms with van der Waals surface area (Å²) in [5, 5.41) is 0. The van der Waals surface area contributed by atoms with E-state index in [-0.39, 0.29) is 11.5 Å². The van der Waals surface area contributed by atoms with Crippen LogP contribution in [0.25, 0.3) is 0 Å². The summed E-state index contributed by atoms with van der Waals surface area (Å²) < 4.78 is 16.0. The predicted molar refractivity (Wildman–Crippen MR) is 69.9 cm³/mol. The van der Waals surface area contributed by atoms with Crippen molar-refractivity contribution in [3.05, 3.63) is 29.8 Å². The maximum Gasteiger partial charge on any atom is 0.145 e. The Morgan fingerprint density at radius 3 is 2.82 bits per heavy atom. The summed E-state index contributed by atoms with van der Waals surface area (Å²) in [6.07, 6.45) is 3.69. The molecule has 0 bridgehead atoms. The molecule has 1 rings (SSSR count). The van der Waals surface area contributed by atoms with E-state index in [1.807, 2.05) is 24.3 Å². The Morgan fingerprint density at radius 2 is 2.18 bits per heavy atom. The SMILES string of the molecule is COc1cccc(CCCC(=O)CS(C)=O)c1. The minimum absolute atomic E-state index is 0.0775. The third-order valence-electron chi connectivity index (χ3n) is 2.42. The van der Waals surface area contributed by atoms with Crippen molar-refractivity contribution in [2.45, 2.75) is 19.3 Å². The largest absolute Gasteiger partial charge is 0.497 e. The van der Waals surface area contributed by atoms with Gasteiger partial charge in [-0.2, -0.15) is 0 Å². The minimum Gasteiger partial charge on any atom is -0.497 e. The molecule has 0 radical (unpaired) electrons. The Balaban J connectivity index is 2.35. The van der Waals surface area contributed by atoms with Crippen LogP contribution >= 0.6 is 0 Å². The zero-order chi connectivity index (χ0) is 12.7. The number of carbonyl (C=O) groups is 1. The van der Waals surface area contributed by atoms with Crippen LogP contribution in [0.4, 0.5) is 0 Å². The van der Waals surface area contributed by atoms with Crippen molar-refractivity contribution in [1.29, 1.82) is 0 Å². The number of hydrogen-bond acceptors (Lipinski definition) is 3. The zero-order valence-electron chi connectivity index (χ0n) is 10.3. The summed E-state index contributed by atoms with van der Waals surface area (Å²) in [7, 11) is 0.620. The van der Waals surface area contributed by atoms with E-state index in [4.69, 9.17) is 4.74 Å². The molecule has 4 heteroatoms. The highest BCUT2D eigenvalue weighted by molar-refractivity contribution is 7.85. The fourth-order valence-corrected chi connectivity index (χ4v) is 2.21. The second-order valence-corrected chi connectivity index (χ2v) is 5.40. The molecule has 0 saturated heterocycles. The van der Waals surface area contributed by atoms with Crippen LogP contribution < -0.4 is 4.74 Å². The molecule has 1 aromatic rings. The average Bonchev–Trinajstić information content (AvgIpc) is 2.28. The first-order valence-corrected chi connectivity index (χ1v) is 7.29. The van der Waals surface area contributed by atoms with E-state index in [1.165, 1.54) is 0 Å². The van der Waals surface area contributed by atoms with E-state index in [1.54, 1.807) is 13.4 Å². The van der Waals surface area contributed by atoms with Gasteiger partial charge in [0.15, 0.2) is 0 Å². The van der Waals surface area contributed by atoms with Crippen molar-refractivity contribution in [3.63, 3.8) is 0 Å². The maximum absolute atomic E-state index is 11.3. The first kappa shape index (κ1) is 13.9. The Labute approximate surface area is 105 Å². The standard InChI is InChI=1S/C13H18O3S/c1-16-13-8-4-6-11(9-13)5-3-7-12(14)10-17(2)15/h4,6,8-9H,3,5,7,10H2,1-2H3. The molecule has 0 saturated carbocycles. The van der Waals surface area contributed by atoms with Gasteiger partial charge >= 0.3 is 0 Å². The number of methoxy groups -OCH3 is 1. The van der Waals surface area contributed by atoms with Gasteiger partial charge in [0.05, 0.1) is 12.9 Å². The monoisotopic (exact) mass is 254 g/mol. The normalized spacial score (nSPS) is 12.1. The molecular formula is C13H18O3S. The minimum atomic E-state index is -1.02. The smallest absolute Gasteiger partial charge is 0.145 e.